The molecular formula is C22H30N2O. The zero-order valence-electron chi connectivity index (χ0n) is 15.2. The van der Waals surface area contributed by atoms with Gasteiger partial charge in [0, 0.05) is 30.4 Å². The summed E-state index contributed by atoms with van der Waals surface area (Å²) in [4.78, 5) is 0. The van der Waals surface area contributed by atoms with Crippen molar-refractivity contribution in [1.29, 1.82) is 0 Å². The Hall–Kier alpha value is -2.00. The van der Waals surface area contributed by atoms with Crippen molar-refractivity contribution < 1.29 is 4.74 Å². The molecule has 25 heavy (non-hydrogen) atoms. The van der Waals surface area contributed by atoms with Crippen molar-refractivity contribution in [2.24, 2.45) is 0 Å². The second kappa shape index (κ2) is 9.47. The Morgan fingerprint density at radius 1 is 1.08 bits per heavy atom. The molecule has 0 saturated carbocycles. The maximum Gasteiger partial charge on any atom is 0.121 e. The van der Waals surface area contributed by atoms with Crippen LogP contribution in [0.25, 0.3) is 0 Å². The van der Waals surface area contributed by atoms with Crippen LogP contribution in [0.4, 0.5) is 5.69 Å². The molecule has 1 heterocycles. The Morgan fingerprint density at radius 3 is 2.80 bits per heavy atom. The van der Waals surface area contributed by atoms with E-state index in [-0.39, 0.29) is 0 Å². The fraction of sp³-hybridized carbons (Fsp3) is 0.455. The molecule has 0 bridgehead atoms. The summed E-state index contributed by atoms with van der Waals surface area (Å²) in [6, 6.07) is 20.1. The minimum Gasteiger partial charge on any atom is -0.494 e. The fourth-order valence-electron chi connectivity index (χ4n) is 3.45. The van der Waals surface area contributed by atoms with Crippen LogP contribution in [0.3, 0.4) is 0 Å². The van der Waals surface area contributed by atoms with Crippen molar-refractivity contribution in [2.45, 2.75) is 51.1 Å². The summed E-state index contributed by atoms with van der Waals surface area (Å²) in [6.45, 7) is 4.00. The molecule has 0 spiro atoms. The third-order valence-electron chi connectivity index (χ3n) is 4.82. The number of anilines is 1. The number of rotatable bonds is 8. The smallest absolute Gasteiger partial charge is 0.121 e. The number of piperidine rings is 1. The SMILES string of the molecule is CC1CCCC(CNc2cccc(OCCCc3ccccc3)c2)N1. The zero-order valence-corrected chi connectivity index (χ0v) is 15.2. The Bertz CT molecular complexity index is 629. The van der Waals surface area contributed by atoms with E-state index in [0.717, 1.165) is 37.4 Å². The third kappa shape index (κ3) is 6.09. The molecule has 2 atom stereocenters. The molecule has 1 saturated heterocycles. The monoisotopic (exact) mass is 338 g/mol. The van der Waals surface area contributed by atoms with Gasteiger partial charge >= 0.3 is 0 Å². The molecular weight excluding hydrogens is 308 g/mol. The summed E-state index contributed by atoms with van der Waals surface area (Å²) < 4.78 is 5.92. The van der Waals surface area contributed by atoms with E-state index in [2.05, 4.69) is 66.1 Å². The molecule has 134 valence electrons. The van der Waals surface area contributed by atoms with Gasteiger partial charge in [0.1, 0.15) is 5.75 Å². The van der Waals surface area contributed by atoms with E-state index < -0.39 is 0 Å². The number of benzene rings is 2. The predicted molar refractivity (Wildman–Crippen MR) is 105 cm³/mol. The van der Waals surface area contributed by atoms with Crippen LogP contribution in [-0.2, 0) is 6.42 Å². The van der Waals surface area contributed by atoms with Gasteiger partial charge in [0.05, 0.1) is 6.61 Å². The van der Waals surface area contributed by atoms with Gasteiger partial charge in [0.25, 0.3) is 0 Å². The second-order valence-electron chi connectivity index (χ2n) is 7.04. The van der Waals surface area contributed by atoms with Crippen molar-refractivity contribution in [3.63, 3.8) is 0 Å². The quantitative estimate of drug-likeness (QED) is 0.688. The van der Waals surface area contributed by atoms with E-state index in [1.54, 1.807) is 0 Å². The van der Waals surface area contributed by atoms with E-state index in [1.807, 2.05) is 6.07 Å². The second-order valence-corrected chi connectivity index (χ2v) is 7.04. The van der Waals surface area contributed by atoms with Gasteiger partial charge in [-0.3, -0.25) is 0 Å². The van der Waals surface area contributed by atoms with Gasteiger partial charge in [-0.05, 0) is 50.3 Å². The Morgan fingerprint density at radius 2 is 1.96 bits per heavy atom. The molecule has 3 rings (SSSR count). The minimum atomic E-state index is 0.569. The van der Waals surface area contributed by atoms with Crippen LogP contribution in [0.5, 0.6) is 5.75 Å². The molecule has 2 aromatic carbocycles. The van der Waals surface area contributed by atoms with Crippen LogP contribution >= 0.6 is 0 Å². The summed E-state index contributed by atoms with van der Waals surface area (Å²) >= 11 is 0. The number of nitrogens with one attached hydrogen (secondary N) is 2. The largest absolute Gasteiger partial charge is 0.494 e. The van der Waals surface area contributed by atoms with E-state index in [1.165, 1.54) is 24.8 Å². The maximum atomic E-state index is 5.92. The maximum absolute atomic E-state index is 5.92. The average Bonchev–Trinajstić information content (AvgIpc) is 2.65. The van der Waals surface area contributed by atoms with Crippen LogP contribution < -0.4 is 15.4 Å². The van der Waals surface area contributed by atoms with Crippen LogP contribution in [0, 0.1) is 0 Å². The van der Waals surface area contributed by atoms with Gasteiger partial charge in [-0.1, -0.05) is 42.8 Å². The highest BCUT2D eigenvalue weighted by atomic mass is 16.5. The van der Waals surface area contributed by atoms with Gasteiger partial charge in [0.15, 0.2) is 0 Å². The molecule has 2 aromatic rings. The molecule has 0 amide bonds. The molecule has 2 unspecified atom stereocenters. The molecule has 0 aliphatic carbocycles. The third-order valence-corrected chi connectivity index (χ3v) is 4.82. The topological polar surface area (TPSA) is 33.3 Å². The summed E-state index contributed by atoms with van der Waals surface area (Å²) in [5.41, 5.74) is 2.51. The first-order valence-corrected chi connectivity index (χ1v) is 9.56. The standard InChI is InChI=1S/C22H30N2O/c1-18-8-5-13-21(24-18)17-23-20-12-6-14-22(16-20)25-15-7-11-19-9-3-2-4-10-19/h2-4,6,9-10,12,14,16,18,21,23-24H,5,7-8,11,13,15,17H2,1H3. The molecule has 3 nitrogen and oxygen atoms in total. The van der Waals surface area contributed by atoms with Crippen LogP contribution in [0.15, 0.2) is 54.6 Å². The van der Waals surface area contributed by atoms with Crippen molar-refractivity contribution in [1.82, 2.24) is 5.32 Å². The first-order chi connectivity index (χ1) is 12.3. The van der Waals surface area contributed by atoms with Crippen LogP contribution in [-0.4, -0.2) is 25.2 Å². The van der Waals surface area contributed by atoms with Crippen molar-refractivity contribution in [3.05, 3.63) is 60.2 Å². The van der Waals surface area contributed by atoms with Crippen molar-refractivity contribution >= 4 is 5.69 Å². The lowest BCUT2D eigenvalue weighted by atomic mass is 9.99. The molecule has 0 radical (unpaired) electrons. The van der Waals surface area contributed by atoms with Crippen LogP contribution in [0.2, 0.25) is 0 Å². The number of aryl methyl sites for hydroxylation is 1. The summed E-state index contributed by atoms with van der Waals surface area (Å²) in [5.74, 6) is 0.947. The normalized spacial score (nSPS) is 20.2. The minimum absolute atomic E-state index is 0.569. The van der Waals surface area contributed by atoms with Crippen molar-refractivity contribution in [3.8, 4) is 5.75 Å². The number of ether oxygens (including phenoxy) is 1. The molecule has 1 fully saturated rings. The van der Waals surface area contributed by atoms with Gasteiger partial charge < -0.3 is 15.4 Å². The first-order valence-electron chi connectivity index (χ1n) is 9.56. The molecule has 3 heteroatoms. The van der Waals surface area contributed by atoms with Gasteiger partial charge in [0.2, 0.25) is 0 Å². The highest BCUT2D eigenvalue weighted by molar-refractivity contribution is 5.48. The lowest BCUT2D eigenvalue weighted by Crippen LogP contribution is -2.44. The molecule has 2 N–H and O–H groups in total. The Balaban J connectivity index is 1.40. The van der Waals surface area contributed by atoms with E-state index in [0.29, 0.717) is 12.1 Å². The number of hydrogen-bond donors (Lipinski definition) is 2. The average molecular weight is 338 g/mol. The van der Waals surface area contributed by atoms with Crippen molar-refractivity contribution in [2.75, 3.05) is 18.5 Å². The first kappa shape index (κ1) is 17.8. The van der Waals surface area contributed by atoms with Gasteiger partial charge in [-0.2, -0.15) is 0 Å². The van der Waals surface area contributed by atoms with E-state index in [4.69, 9.17) is 4.74 Å². The Kier molecular flexibility index (Phi) is 6.75. The van der Waals surface area contributed by atoms with Crippen LogP contribution in [0.1, 0.15) is 38.2 Å². The van der Waals surface area contributed by atoms with E-state index >= 15 is 0 Å². The number of hydrogen-bond acceptors (Lipinski definition) is 3. The van der Waals surface area contributed by atoms with Gasteiger partial charge in [-0.25, -0.2) is 0 Å². The highest BCUT2D eigenvalue weighted by Gasteiger charge is 2.17. The summed E-state index contributed by atoms with van der Waals surface area (Å²) in [5, 5.41) is 7.21. The summed E-state index contributed by atoms with van der Waals surface area (Å²) in [7, 11) is 0. The molecule has 0 aromatic heterocycles. The predicted octanol–water partition coefficient (Wildman–Crippen LogP) is 4.64. The Labute approximate surface area is 151 Å². The lowest BCUT2D eigenvalue weighted by molar-refractivity contribution is 0.311. The van der Waals surface area contributed by atoms with E-state index in [9.17, 15) is 0 Å². The fourth-order valence-corrected chi connectivity index (χ4v) is 3.45. The zero-order chi connectivity index (χ0) is 17.3. The van der Waals surface area contributed by atoms with Gasteiger partial charge in [-0.15, -0.1) is 0 Å². The lowest BCUT2D eigenvalue weighted by Gasteiger charge is -2.29. The highest BCUT2D eigenvalue weighted by Crippen LogP contribution is 2.19. The molecule has 1 aliphatic heterocycles. The summed E-state index contributed by atoms with van der Waals surface area (Å²) in [6.07, 6.45) is 5.97. The molecule has 1 aliphatic rings.